The summed E-state index contributed by atoms with van der Waals surface area (Å²) >= 11 is 0. The molecule has 10 N–H and O–H groups in total. The zero-order valence-electron chi connectivity index (χ0n) is 38.8. The summed E-state index contributed by atoms with van der Waals surface area (Å²) in [6.45, 7) is 0.333. The number of fused-ring (bicyclic) bond motifs is 1. The molecule has 2 saturated heterocycles. The van der Waals surface area contributed by atoms with Gasteiger partial charge in [-0.25, -0.2) is 4.79 Å². The molecule has 5 amide bonds. The van der Waals surface area contributed by atoms with Gasteiger partial charge in [0.15, 0.2) is 5.96 Å². The lowest BCUT2D eigenvalue weighted by Gasteiger charge is -2.39. The van der Waals surface area contributed by atoms with E-state index in [4.69, 9.17) is 21.4 Å². The zero-order chi connectivity index (χ0) is 50.8. The van der Waals surface area contributed by atoms with Crippen LogP contribution >= 0.6 is 0 Å². The van der Waals surface area contributed by atoms with Crippen LogP contribution in [0, 0.1) is 11.8 Å². The largest absolute Gasteiger partial charge is 0.490 e. The van der Waals surface area contributed by atoms with Crippen molar-refractivity contribution in [2.75, 3.05) is 13.1 Å². The van der Waals surface area contributed by atoms with Crippen molar-refractivity contribution in [1.29, 1.82) is 0 Å². The van der Waals surface area contributed by atoms with Crippen molar-refractivity contribution in [3.05, 3.63) is 108 Å². The van der Waals surface area contributed by atoms with E-state index < -0.39 is 66.4 Å². The molecule has 3 aromatic carbocycles. The second kappa shape index (κ2) is 26.1. The van der Waals surface area contributed by atoms with E-state index in [1.54, 1.807) is 4.90 Å². The number of guanidine groups is 1. The van der Waals surface area contributed by atoms with E-state index in [1.807, 2.05) is 91.0 Å². The molecule has 3 aromatic rings. The Balaban J connectivity index is 0.00000121. The molecule has 0 aromatic heterocycles. The third kappa shape index (κ3) is 16.0. The lowest BCUT2D eigenvalue weighted by molar-refractivity contribution is -0.192. The van der Waals surface area contributed by atoms with Crippen molar-refractivity contribution >= 4 is 47.4 Å². The molecule has 378 valence electrons. The third-order valence-corrected chi connectivity index (χ3v) is 13.0. The maximum atomic E-state index is 14.5. The number of aliphatic carboxylic acids is 2. The topological polar surface area (TPSA) is 276 Å². The van der Waals surface area contributed by atoms with Crippen molar-refractivity contribution in [3.63, 3.8) is 0 Å². The van der Waals surface area contributed by atoms with Crippen molar-refractivity contribution < 1.29 is 56.9 Å². The number of piperidine rings is 1. The molecule has 20 heteroatoms. The van der Waals surface area contributed by atoms with E-state index in [0.717, 1.165) is 48.8 Å². The van der Waals surface area contributed by atoms with Crippen molar-refractivity contribution in [2.24, 2.45) is 28.3 Å². The number of carboxylic acid groups (broad SMARTS) is 2. The Morgan fingerprint density at radius 3 is 1.89 bits per heavy atom. The van der Waals surface area contributed by atoms with Gasteiger partial charge in [0.2, 0.25) is 29.5 Å². The van der Waals surface area contributed by atoms with Gasteiger partial charge in [0.1, 0.15) is 24.2 Å². The van der Waals surface area contributed by atoms with Crippen LogP contribution in [0.5, 0.6) is 0 Å². The first-order chi connectivity index (χ1) is 33.4. The van der Waals surface area contributed by atoms with E-state index in [2.05, 4.69) is 26.3 Å². The average Bonchev–Trinajstić information content (AvgIpc) is 3.71. The molecule has 1 aliphatic carbocycles. The van der Waals surface area contributed by atoms with Crippen LogP contribution in [0.15, 0.2) is 96.0 Å². The summed E-state index contributed by atoms with van der Waals surface area (Å²) in [5.41, 5.74) is 14.3. The molecule has 0 spiro atoms. The van der Waals surface area contributed by atoms with Crippen molar-refractivity contribution in [1.82, 2.24) is 26.2 Å². The molecule has 0 bridgehead atoms. The number of hydrogen-bond donors (Lipinski definition) is 8. The fourth-order valence-corrected chi connectivity index (χ4v) is 9.56. The summed E-state index contributed by atoms with van der Waals surface area (Å²) in [4.78, 5) is 96.5. The van der Waals surface area contributed by atoms with E-state index in [-0.39, 0.29) is 67.5 Å². The molecule has 6 rings (SSSR count). The molecule has 70 heavy (non-hydrogen) atoms. The summed E-state index contributed by atoms with van der Waals surface area (Å²) in [5, 5.41) is 28.3. The number of rotatable bonds is 20. The van der Waals surface area contributed by atoms with E-state index in [1.165, 1.54) is 0 Å². The quantitative estimate of drug-likeness (QED) is 0.0453. The molecule has 2 aliphatic heterocycles. The van der Waals surface area contributed by atoms with Gasteiger partial charge in [-0.15, -0.1) is 0 Å². The number of nitrogens with two attached hydrogens (primary N) is 2. The van der Waals surface area contributed by atoms with Crippen LogP contribution in [0.25, 0.3) is 0 Å². The second-order valence-corrected chi connectivity index (χ2v) is 17.9. The Hall–Kier alpha value is -6.99. The smallest absolute Gasteiger partial charge is 0.481 e. The summed E-state index contributed by atoms with van der Waals surface area (Å²) in [6.07, 6.45) is 1.64. The number of nitrogens with one attached hydrogen (secondary N) is 4. The highest BCUT2D eigenvalue weighted by molar-refractivity contribution is 5.97. The first kappa shape index (κ1) is 54.0. The zero-order valence-corrected chi connectivity index (χ0v) is 38.8. The lowest BCUT2D eigenvalue weighted by Crippen LogP contribution is -2.61. The Morgan fingerprint density at radius 1 is 0.743 bits per heavy atom. The maximum Gasteiger partial charge on any atom is 0.490 e. The Bertz CT molecular complexity index is 2220. The standard InChI is InChI=1S/C48H62N8O7.C2HF3O2/c49-48(50)52-26-13-22-37(45(61)55-39(30-42(57)58)44(60)51-27-25-36(32-16-7-2-8-17-32)33-18-9-3-10-19-33)53-46(62)41-29-35(28-31-14-5-1-6-15-31)40-24-23-38(47(63)56(40)41)54-43(59)34-20-11-4-12-21-34;3-2(4,5)1(6)7/h1-3,5-10,14-19,34-41H,4,11-13,20-30H2,(H,51,60)(H,53,62)(H,54,59)(H,55,61)(H,57,58)(H4,49,50,52);(H,6,7)/t35?,37?,38?,39-,40?,41-;/m0./s1. The van der Waals surface area contributed by atoms with E-state index in [9.17, 15) is 47.0 Å². The van der Waals surface area contributed by atoms with Crippen LogP contribution in [-0.4, -0.2) is 112 Å². The predicted molar refractivity (Wildman–Crippen MR) is 252 cm³/mol. The van der Waals surface area contributed by atoms with Crippen LogP contribution in [-0.2, 0) is 40.0 Å². The van der Waals surface area contributed by atoms with Gasteiger partial charge in [-0.2, -0.15) is 13.2 Å². The fraction of sp³-hybridized carbons (Fsp3) is 0.480. The number of amides is 5. The number of halogens is 3. The van der Waals surface area contributed by atoms with Gasteiger partial charge >= 0.3 is 18.1 Å². The molecule has 0 radical (unpaired) electrons. The molecule has 2 heterocycles. The SMILES string of the molecule is NC(N)=NCCCC(NC(=O)[C@@H]1CC(Cc2ccccc2)C2CCC(NC(=O)C3CCCCC3)C(=O)N21)C(=O)N[C@@H](CC(=O)O)C(=O)NCCC(c1ccccc1)c1ccccc1.O=C(O)C(F)(F)F. The number of nitrogens with zero attached hydrogens (tertiary/aromatic N) is 2. The molecule has 1 saturated carbocycles. The van der Waals surface area contributed by atoms with Gasteiger partial charge < -0.3 is 47.8 Å². The van der Waals surface area contributed by atoms with Gasteiger partial charge in [-0.1, -0.05) is 110 Å². The first-order valence-corrected chi connectivity index (χ1v) is 23.6. The summed E-state index contributed by atoms with van der Waals surface area (Å²) in [7, 11) is 0. The maximum absolute atomic E-state index is 14.5. The Labute approximate surface area is 404 Å². The molecule has 3 aliphatic rings. The number of hydrogen-bond acceptors (Lipinski definition) is 8. The monoisotopic (exact) mass is 976 g/mol. The van der Waals surface area contributed by atoms with Crippen molar-refractivity contribution in [2.45, 2.75) is 126 Å². The number of carboxylic acids is 2. The van der Waals surface area contributed by atoms with Crippen LogP contribution < -0.4 is 32.7 Å². The van der Waals surface area contributed by atoms with Gasteiger partial charge in [-0.3, -0.25) is 33.8 Å². The van der Waals surface area contributed by atoms with Gasteiger partial charge in [-0.05, 0) is 80.4 Å². The minimum atomic E-state index is -5.08. The number of alkyl halides is 3. The second-order valence-electron chi connectivity index (χ2n) is 17.9. The number of carbonyl (C=O) groups is 7. The highest BCUT2D eigenvalue weighted by Gasteiger charge is 2.51. The van der Waals surface area contributed by atoms with Gasteiger partial charge in [0.05, 0.1) is 6.42 Å². The molecule has 6 atom stereocenters. The summed E-state index contributed by atoms with van der Waals surface area (Å²) in [6, 6.07) is 24.9. The highest BCUT2D eigenvalue weighted by Crippen LogP contribution is 2.39. The normalized spacial score (nSPS) is 19.8. The molecule has 17 nitrogen and oxygen atoms in total. The van der Waals surface area contributed by atoms with Gasteiger partial charge in [0, 0.05) is 31.0 Å². The number of benzene rings is 3. The summed E-state index contributed by atoms with van der Waals surface area (Å²) in [5.74, 6) is -6.91. The molecular formula is C50H63F3N8O9. The molecular weight excluding hydrogens is 914 g/mol. The number of aliphatic imine (C=N–C) groups is 1. The van der Waals surface area contributed by atoms with Crippen LogP contribution in [0.2, 0.25) is 0 Å². The van der Waals surface area contributed by atoms with Crippen molar-refractivity contribution in [3.8, 4) is 0 Å². The van der Waals surface area contributed by atoms with Gasteiger partial charge in [0.25, 0.3) is 0 Å². The average molecular weight is 977 g/mol. The predicted octanol–water partition coefficient (Wildman–Crippen LogP) is 4.14. The van der Waals surface area contributed by atoms with Crippen LogP contribution in [0.1, 0.15) is 99.7 Å². The minimum Gasteiger partial charge on any atom is -0.481 e. The number of carbonyl (C=O) groups excluding carboxylic acids is 5. The fourth-order valence-electron chi connectivity index (χ4n) is 9.56. The Morgan fingerprint density at radius 2 is 1.33 bits per heavy atom. The van der Waals surface area contributed by atoms with E-state index in [0.29, 0.717) is 32.1 Å². The van der Waals surface area contributed by atoms with Crippen LogP contribution in [0.4, 0.5) is 13.2 Å². The molecule has 4 unspecified atom stereocenters. The first-order valence-electron chi connectivity index (χ1n) is 23.6. The third-order valence-electron chi connectivity index (χ3n) is 13.0. The van der Waals surface area contributed by atoms with E-state index >= 15 is 0 Å². The van der Waals surface area contributed by atoms with Crippen LogP contribution in [0.3, 0.4) is 0 Å². The Kier molecular flexibility index (Phi) is 20.1. The lowest BCUT2D eigenvalue weighted by atomic mass is 9.86. The highest BCUT2D eigenvalue weighted by atomic mass is 19.4. The minimum absolute atomic E-state index is 0.0448. The molecule has 3 fully saturated rings. The summed E-state index contributed by atoms with van der Waals surface area (Å²) < 4.78 is 31.7.